The summed E-state index contributed by atoms with van der Waals surface area (Å²) < 4.78 is 0. The van der Waals surface area contributed by atoms with Crippen LogP contribution in [-0.2, 0) is 4.79 Å². The van der Waals surface area contributed by atoms with Gasteiger partial charge in [-0.05, 0) is 26.2 Å². The molecule has 0 unspecified atom stereocenters. The second-order valence-corrected chi connectivity index (χ2v) is 4.16. The van der Waals surface area contributed by atoms with E-state index >= 15 is 0 Å². The summed E-state index contributed by atoms with van der Waals surface area (Å²) in [6.45, 7) is 14.5. The molecule has 0 N–H and O–H groups in total. The van der Waals surface area contributed by atoms with Crippen LogP contribution in [0.2, 0.25) is 0 Å². The molecule has 0 aliphatic rings. The first-order valence-corrected chi connectivity index (χ1v) is 6.30. The van der Waals surface area contributed by atoms with Gasteiger partial charge in [0.1, 0.15) is 0 Å². The molecule has 0 rings (SSSR count). The summed E-state index contributed by atoms with van der Waals surface area (Å²) in [6, 6.07) is 0. The normalized spacial score (nSPS) is 10.6. The summed E-state index contributed by atoms with van der Waals surface area (Å²) in [7, 11) is 0. The van der Waals surface area contributed by atoms with Crippen LogP contribution in [-0.4, -0.2) is 35.6 Å². The number of hydrazine groups is 1. The zero-order valence-corrected chi connectivity index (χ0v) is 11.3. The highest BCUT2D eigenvalue weighted by atomic mass is 16.2. The van der Waals surface area contributed by atoms with Crippen LogP contribution in [0.4, 0.5) is 0 Å². The van der Waals surface area contributed by atoms with E-state index in [0.29, 0.717) is 5.57 Å². The molecular formula is C13H26N2O. The Morgan fingerprint density at radius 2 is 1.44 bits per heavy atom. The van der Waals surface area contributed by atoms with Crippen molar-refractivity contribution in [3.63, 3.8) is 0 Å². The molecule has 1 amide bonds. The molecule has 0 aromatic heterocycles. The fraction of sp³-hybridized carbons (Fsp3) is 0.769. The van der Waals surface area contributed by atoms with Gasteiger partial charge in [0.2, 0.25) is 0 Å². The first kappa shape index (κ1) is 15.2. The third kappa shape index (κ3) is 4.79. The second kappa shape index (κ2) is 8.34. The monoisotopic (exact) mass is 226 g/mol. The lowest BCUT2D eigenvalue weighted by molar-refractivity contribution is -0.145. The second-order valence-electron chi connectivity index (χ2n) is 4.16. The van der Waals surface area contributed by atoms with Gasteiger partial charge >= 0.3 is 0 Å². The number of carbonyl (C=O) groups is 1. The summed E-state index contributed by atoms with van der Waals surface area (Å²) in [5.41, 5.74) is 0.616. The zero-order chi connectivity index (χ0) is 12.6. The largest absolute Gasteiger partial charge is 0.272 e. The van der Waals surface area contributed by atoms with E-state index in [0.717, 1.165) is 38.9 Å². The Morgan fingerprint density at radius 3 is 1.75 bits per heavy atom. The molecule has 0 atom stereocenters. The lowest BCUT2D eigenvalue weighted by atomic mass is 10.3. The van der Waals surface area contributed by atoms with Crippen LogP contribution in [0.25, 0.3) is 0 Å². The van der Waals surface area contributed by atoms with Gasteiger partial charge in [0.05, 0.1) is 0 Å². The molecule has 0 saturated carbocycles. The number of amides is 1. The topological polar surface area (TPSA) is 23.6 Å². The van der Waals surface area contributed by atoms with Crippen molar-refractivity contribution in [2.45, 2.75) is 47.0 Å². The van der Waals surface area contributed by atoms with Crippen molar-refractivity contribution >= 4 is 5.91 Å². The van der Waals surface area contributed by atoms with Gasteiger partial charge in [0.25, 0.3) is 5.91 Å². The Bertz CT molecular complexity index is 220. The third-order valence-corrected chi connectivity index (χ3v) is 2.34. The van der Waals surface area contributed by atoms with E-state index in [1.54, 1.807) is 6.92 Å². The Kier molecular flexibility index (Phi) is 7.90. The SMILES string of the molecule is C=C(C)C(=O)N(CCC)N(CCC)CCC. The maximum absolute atomic E-state index is 12.0. The lowest BCUT2D eigenvalue weighted by Crippen LogP contribution is -2.47. The van der Waals surface area contributed by atoms with Gasteiger partial charge in [0.15, 0.2) is 0 Å². The molecule has 0 heterocycles. The van der Waals surface area contributed by atoms with Gasteiger partial charge in [-0.15, -0.1) is 0 Å². The maximum atomic E-state index is 12.0. The summed E-state index contributed by atoms with van der Waals surface area (Å²) in [4.78, 5) is 12.0. The molecule has 0 bridgehead atoms. The fourth-order valence-corrected chi connectivity index (χ4v) is 1.67. The standard InChI is InChI=1S/C13H26N2O/c1-6-9-14(10-7-2)15(11-8-3)13(16)12(4)5/h4,6-11H2,1-3,5H3. The lowest BCUT2D eigenvalue weighted by Gasteiger charge is -2.34. The summed E-state index contributed by atoms with van der Waals surface area (Å²) in [5.74, 6) is 0.0590. The number of carbonyl (C=O) groups excluding carboxylic acids is 1. The van der Waals surface area contributed by atoms with Crippen molar-refractivity contribution < 1.29 is 4.79 Å². The van der Waals surface area contributed by atoms with Crippen molar-refractivity contribution in [2.24, 2.45) is 0 Å². The highest BCUT2D eigenvalue weighted by Gasteiger charge is 2.19. The minimum absolute atomic E-state index is 0.0590. The van der Waals surface area contributed by atoms with Gasteiger partial charge in [-0.1, -0.05) is 27.4 Å². The van der Waals surface area contributed by atoms with Crippen LogP contribution < -0.4 is 0 Å². The predicted octanol–water partition coefficient (Wildman–Crippen LogP) is 2.84. The van der Waals surface area contributed by atoms with Crippen molar-refractivity contribution in [3.8, 4) is 0 Å². The summed E-state index contributed by atoms with van der Waals surface area (Å²) >= 11 is 0. The summed E-state index contributed by atoms with van der Waals surface area (Å²) in [6.07, 6.45) is 3.09. The minimum Gasteiger partial charge on any atom is -0.272 e. The maximum Gasteiger partial charge on any atom is 0.263 e. The van der Waals surface area contributed by atoms with Gasteiger partial charge in [0, 0.05) is 25.2 Å². The smallest absolute Gasteiger partial charge is 0.263 e. The molecule has 0 fully saturated rings. The van der Waals surface area contributed by atoms with Crippen molar-refractivity contribution in [1.29, 1.82) is 0 Å². The highest BCUT2D eigenvalue weighted by Crippen LogP contribution is 2.07. The van der Waals surface area contributed by atoms with E-state index in [1.807, 2.05) is 5.01 Å². The molecule has 3 nitrogen and oxygen atoms in total. The molecule has 0 spiro atoms. The number of hydrogen-bond donors (Lipinski definition) is 0. The Morgan fingerprint density at radius 1 is 1.00 bits per heavy atom. The van der Waals surface area contributed by atoms with Gasteiger partial charge in [-0.2, -0.15) is 0 Å². The van der Waals surface area contributed by atoms with Crippen LogP contribution in [0, 0.1) is 0 Å². The van der Waals surface area contributed by atoms with E-state index in [9.17, 15) is 4.79 Å². The molecular weight excluding hydrogens is 200 g/mol. The molecule has 3 heteroatoms. The van der Waals surface area contributed by atoms with E-state index < -0.39 is 0 Å². The molecule has 0 saturated heterocycles. The molecule has 94 valence electrons. The van der Waals surface area contributed by atoms with Gasteiger partial charge < -0.3 is 0 Å². The Hall–Kier alpha value is -0.830. The molecule has 0 aromatic carbocycles. The van der Waals surface area contributed by atoms with Crippen LogP contribution in [0.3, 0.4) is 0 Å². The number of rotatable bonds is 8. The molecule has 0 radical (unpaired) electrons. The molecule has 0 aromatic rings. The Balaban J connectivity index is 4.67. The number of nitrogens with zero attached hydrogens (tertiary/aromatic N) is 2. The van der Waals surface area contributed by atoms with Gasteiger partial charge in [-0.3, -0.25) is 9.80 Å². The van der Waals surface area contributed by atoms with E-state index in [1.165, 1.54) is 0 Å². The van der Waals surface area contributed by atoms with Crippen molar-refractivity contribution in [3.05, 3.63) is 12.2 Å². The van der Waals surface area contributed by atoms with E-state index in [2.05, 4.69) is 32.4 Å². The third-order valence-electron chi connectivity index (χ3n) is 2.34. The van der Waals surface area contributed by atoms with Crippen LogP contribution in [0.5, 0.6) is 0 Å². The number of hydrogen-bond acceptors (Lipinski definition) is 2. The quantitative estimate of drug-likeness (QED) is 0.469. The van der Waals surface area contributed by atoms with E-state index in [4.69, 9.17) is 0 Å². The first-order valence-electron chi connectivity index (χ1n) is 6.30. The predicted molar refractivity (Wildman–Crippen MR) is 69.0 cm³/mol. The summed E-state index contributed by atoms with van der Waals surface area (Å²) in [5, 5.41) is 4.01. The van der Waals surface area contributed by atoms with Crippen LogP contribution >= 0.6 is 0 Å². The Labute approximate surface area is 100 Å². The molecule has 16 heavy (non-hydrogen) atoms. The zero-order valence-electron chi connectivity index (χ0n) is 11.3. The van der Waals surface area contributed by atoms with Crippen LogP contribution in [0.15, 0.2) is 12.2 Å². The molecule has 0 aliphatic heterocycles. The molecule has 0 aliphatic carbocycles. The van der Waals surface area contributed by atoms with Crippen molar-refractivity contribution in [2.75, 3.05) is 19.6 Å². The van der Waals surface area contributed by atoms with Gasteiger partial charge in [-0.25, -0.2) is 5.01 Å². The first-order chi connectivity index (χ1) is 7.58. The van der Waals surface area contributed by atoms with Crippen LogP contribution in [0.1, 0.15) is 47.0 Å². The average Bonchev–Trinajstić information content (AvgIpc) is 2.24. The fourth-order valence-electron chi connectivity index (χ4n) is 1.67. The average molecular weight is 226 g/mol. The van der Waals surface area contributed by atoms with E-state index in [-0.39, 0.29) is 5.91 Å². The minimum atomic E-state index is 0.0590. The van der Waals surface area contributed by atoms with Crippen molar-refractivity contribution in [1.82, 2.24) is 10.0 Å². The highest BCUT2D eigenvalue weighted by molar-refractivity contribution is 5.91.